The fourth-order valence-corrected chi connectivity index (χ4v) is 5.31. The maximum atomic E-state index is 13.2. The lowest BCUT2D eigenvalue weighted by Crippen LogP contribution is -2.54. The van der Waals surface area contributed by atoms with E-state index in [9.17, 15) is 27.2 Å². The third kappa shape index (κ3) is 5.32. The van der Waals surface area contributed by atoms with Gasteiger partial charge in [-0.2, -0.15) is 4.31 Å². The molecule has 31 heavy (non-hydrogen) atoms. The SMILES string of the molecule is CC(CC(N(O)C=O)S(=O)(=O)N1CCN(c2ccc(F)cc2)CC1)c1ncc(F)cn1. The van der Waals surface area contributed by atoms with Gasteiger partial charge in [-0.3, -0.25) is 10.0 Å². The molecule has 1 aromatic heterocycles. The summed E-state index contributed by atoms with van der Waals surface area (Å²) >= 11 is 0. The molecule has 2 heterocycles. The predicted octanol–water partition coefficient (Wildman–Crippen LogP) is 1.57. The van der Waals surface area contributed by atoms with E-state index in [1.54, 1.807) is 19.1 Å². The Morgan fingerprint density at radius 1 is 1.10 bits per heavy atom. The molecule has 0 spiro atoms. The zero-order valence-corrected chi connectivity index (χ0v) is 17.6. The number of carbonyl (C=O) groups is 1. The Bertz CT molecular complexity index is 983. The van der Waals surface area contributed by atoms with Gasteiger partial charge in [0.2, 0.25) is 16.4 Å². The molecule has 1 N–H and O–H groups in total. The van der Waals surface area contributed by atoms with Crippen LogP contribution in [-0.4, -0.2) is 70.9 Å². The molecule has 2 unspecified atom stereocenters. The number of carbonyl (C=O) groups excluding carboxylic acids is 1. The molecule has 2 aromatic rings. The molecular formula is C19H23F2N5O4S. The number of hydrogen-bond acceptors (Lipinski definition) is 7. The van der Waals surface area contributed by atoms with Crippen LogP contribution >= 0.6 is 0 Å². The number of halogens is 2. The highest BCUT2D eigenvalue weighted by atomic mass is 32.2. The number of piperazine rings is 1. The molecule has 9 nitrogen and oxygen atoms in total. The first kappa shape index (κ1) is 23.0. The average molecular weight is 455 g/mol. The van der Waals surface area contributed by atoms with Crippen LogP contribution in [0.2, 0.25) is 0 Å². The molecule has 1 fully saturated rings. The zero-order chi connectivity index (χ0) is 22.6. The summed E-state index contributed by atoms with van der Waals surface area (Å²) < 4.78 is 53.8. The van der Waals surface area contributed by atoms with Crippen molar-refractivity contribution < 1.29 is 27.2 Å². The maximum absolute atomic E-state index is 13.2. The van der Waals surface area contributed by atoms with E-state index in [-0.39, 0.29) is 42.6 Å². The summed E-state index contributed by atoms with van der Waals surface area (Å²) in [6, 6.07) is 5.91. The van der Waals surface area contributed by atoms with Crippen LogP contribution in [0.3, 0.4) is 0 Å². The molecule has 1 saturated heterocycles. The number of hydroxylamine groups is 2. The van der Waals surface area contributed by atoms with Gasteiger partial charge in [0, 0.05) is 37.8 Å². The largest absolute Gasteiger partial charge is 0.369 e. The van der Waals surface area contributed by atoms with Crippen molar-refractivity contribution in [1.82, 2.24) is 19.3 Å². The van der Waals surface area contributed by atoms with Gasteiger partial charge in [-0.05, 0) is 30.7 Å². The number of anilines is 1. The Kier molecular flexibility index (Phi) is 7.13. The summed E-state index contributed by atoms with van der Waals surface area (Å²) in [5.74, 6) is -1.36. The van der Waals surface area contributed by atoms with Crippen molar-refractivity contribution in [3.8, 4) is 0 Å². The number of rotatable bonds is 8. The Hall–Kier alpha value is -2.70. The minimum absolute atomic E-state index is 0.0369. The van der Waals surface area contributed by atoms with Crippen molar-refractivity contribution >= 4 is 22.1 Å². The van der Waals surface area contributed by atoms with E-state index in [0.717, 1.165) is 18.1 Å². The van der Waals surface area contributed by atoms with Crippen molar-refractivity contribution in [2.75, 3.05) is 31.1 Å². The predicted molar refractivity (Wildman–Crippen MR) is 108 cm³/mol. The Morgan fingerprint density at radius 2 is 1.68 bits per heavy atom. The van der Waals surface area contributed by atoms with Gasteiger partial charge in [-0.1, -0.05) is 6.92 Å². The van der Waals surface area contributed by atoms with Gasteiger partial charge < -0.3 is 4.90 Å². The van der Waals surface area contributed by atoms with Crippen LogP contribution in [0.1, 0.15) is 25.1 Å². The highest BCUT2D eigenvalue weighted by molar-refractivity contribution is 7.89. The Balaban J connectivity index is 1.72. The molecule has 168 valence electrons. The Labute approximate surface area is 178 Å². The van der Waals surface area contributed by atoms with Crippen LogP contribution in [0.25, 0.3) is 0 Å². The third-order valence-electron chi connectivity index (χ3n) is 5.17. The molecule has 12 heteroatoms. The van der Waals surface area contributed by atoms with E-state index >= 15 is 0 Å². The maximum Gasteiger partial charge on any atom is 0.238 e. The summed E-state index contributed by atoms with van der Waals surface area (Å²) in [4.78, 5) is 20.8. The second kappa shape index (κ2) is 9.62. The summed E-state index contributed by atoms with van der Waals surface area (Å²) in [7, 11) is -4.10. The van der Waals surface area contributed by atoms with E-state index in [4.69, 9.17) is 0 Å². The summed E-state index contributed by atoms with van der Waals surface area (Å²) in [5.41, 5.74) is 0.772. The highest BCUT2D eigenvalue weighted by Gasteiger charge is 2.39. The van der Waals surface area contributed by atoms with Crippen molar-refractivity contribution in [1.29, 1.82) is 0 Å². The van der Waals surface area contributed by atoms with E-state index < -0.39 is 27.1 Å². The molecular weight excluding hydrogens is 432 g/mol. The summed E-state index contributed by atoms with van der Waals surface area (Å²) in [6.07, 6.45) is 1.79. The van der Waals surface area contributed by atoms with Gasteiger partial charge >= 0.3 is 0 Å². The first-order valence-electron chi connectivity index (χ1n) is 9.62. The lowest BCUT2D eigenvalue weighted by Gasteiger charge is -2.38. The van der Waals surface area contributed by atoms with E-state index in [1.165, 1.54) is 16.4 Å². The second-order valence-electron chi connectivity index (χ2n) is 7.24. The van der Waals surface area contributed by atoms with Crippen LogP contribution in [0, 0.1) is 11.6 Å². The average Bonchev–Trinajstić information content (AvgIpc) is 2.77. The first-order chi connectivity index (χ1) is 14.7. The van der Waals surface area contributed by atoms with Gasteiger partial charge in [0.15, 0.2) is 11.2 Å². The van der Waals surface area contributed by atoms with Crippen molar-refractivity contribution in [3.05, 3.63) is 54.1 Å². The van der Waals surface area contributed by atoms with Gasteiger partial charge in [-0.15, -0.1) is 0 Å². The molecule has 3 rings (SSSR count). The number of benzene rings is 1. The van der Waals surface area contributed by atoms with Crippen LogP contribution in [0.15, 0.2) is 36.7 Å². The van der Waals surface area contributed by atoms with Crippen LogP contribution in [0.5, 0.6) is 0 Å². The Morgan fingerprint density at radius 3 is 2.23 bits per heavy atom. The molecule has 1 aliphatic heterocycles. The highest BCUT2D eigenvalue weighted by Crippen LogP contribution is 2.26. The summed E-state index contributed by atoms with van der Waals surface area (Å²) in [5, 5.41) is 8.57. The second-order valence-corrected chi connectivity index (χ2v) is 9.33. The van der Waals surface area contributed by atoms with Gasteiger partial charge in [-0.25, -0.2) is 32.2 Å². The van der Waals surface area contributed by atoms with E-state index in [2.05, 4.69) is 9.97 Å². The first-order valence-corrected chi connectivity index (χ1v) is 11.1. The van der Waals surface area contributed by atoms with Crippen LogP contribution < -0.4 is 4.90 Å². The minimum atomic E-state index is -4.10. The molecule has 0 saturated carbocycles. The number of sulfonamides is 1. The number of hydrogen-bond donors (Lipinski definition) is 1. The molecule has 2 atom stereocenters. The number of aromatic nitrogens is 2. The third-order valence-corrected chi connectivity index (χ3v) is 7.35. The zero-order valence-electron chi connectivity index (χ0n) is 16.8. The molecule has 1 aromatic carbocycles. The standard InChI is InChI=1S/C19H23F2N5O4S/c1-14(19-22-11-16(21)12-23-19)10-18(26(28)13-27)31(29,30)25-8-6-24(7-9-25)17-4-2-15(20)3-5-17/h2-5,11-14,18,28H,6-10H2,1H3. The number of amides is 1. The van der Waals surface area contributed by atoms with Crippen molar-refractivity contribution in [2.45, 2.75) is 24.6 Å². The van der Waals surface area contributed by atoms with Crippen LogP contribution in [0.4, 0.5) is 14.5 Å². The van der Waals surface area contributed by atoms with Crippen molar-refractivity contribution in [3.63, 3.8) is 0 Å². The lowest BCUT2D eigenvalue weighted by molar-refractivity contribution is -0.154. The molecule has 1 aliphatic rings. The quantitative estimate of drug-likeness (QED) is 0.366. The molecule has 0 radical (unpaired) electrons. The molecule has 1 amide bonds. The smallest absolute Gasteiger partial charge is 0.238 e. The van der Waals surface area contributed by atoms with Crippen molar-refractivity contribution in [2.24, 2.45) is 0 Å². The molecule has 0 aliphatic carbocycles. The lowest BCUT2D eigenvalue weighted by atomic mass is 10.1. The fraction of sp³-hybridized carbons (Fsp3) is 0.421. The van der Waals surface area contributed by atoms with Crippen LogP contribution in [-0.2, 0) is 14.8 Å². The fourth-order valence-electron chi connectivity index (χ4n) is 3.44. The van der Waals surface area contributed by atoms with Gasteiger partial charge in [0.1, 0.15) is 11.6 Å². The van der Waals surface area contributed by atoms with E-state index in [0.29, 0.717) is 13.1 Å². The topological polar surface area (TPSA) is 107 Å². The monoisotopic (exact) mass is 455 g/mol. The normalized spacial score (nSPS) is 17.2. The number of nitrogens with zero attached hydrogens (tertiary/aromatic N) is 5. The van der Waals surface area contributed by atoms with Gasteiger partial charge in [0.05, 0.1) is 12.4 Å². The summed E-state index contributed by atoms with van der Waals surface area (Å²) in [6.45, 7) is 2.61. The minimum Gasteiger partial charge on any atom is -0.369 e. The molecule has 0 bridgehead atoms. The van der Waals surface area contributed by atoms with E-state index in [1.807, 2.05) is 4.90 Å². The van der Waals surface area contributed by atoms with Gasteiger partial charge in [0.25, 0.3) is 0 Å².